The van der Waals surface area contributed by atoms with Gasteiger partial charge in [-0.05, 0) is 35.4 Å². The molecule has 0 aliphatic heterocycles. The summed E-state index contributed by atoms with van der Waals surface area (Å²) < 4.78 is 0. The maximum atomic E-state index is 4.69. The van der Waals surface area contributed by atoms with E-state index >= 15 is 0 Å². The largest absolute Gasteiger partial charge is 0.252 e. The molecule has 2 aromatic heterocycles. The van der Waals surface area contributed by atoms with Gasteiger partial charge in [0.2, 0.25) is 0 Å². The van der Waals surface area contributed by atoms with E-state index in [2.05, 4.69) is 107 Å². The first kappa shape index (κ1) is 25.2. The Morgan fingerprint density at radius 2 is 0.615 bits per heavy atom. The van der Waals surface area contributed by atoms with Crippen molar-refractivity contribution < 1.29 is 0 Å². The monoisotopic (exact) mass is 603 g/mol. The Balaban J connectivity index is 0.000000138. The minimum absolute atomic E-state index is 0. The second-order valence-corrected chi connectivity index (χ2v) is 9.60. The van der Waals surface area contributed by atoms with E-state index in [-0.39, 0.29) is 25.8 Å². The molecule has 2 heterocycles. The molecule has 183 valence electrons. The first-order valence-corrected chi connectivity index (χ1v) is 12.7. The van der Waals surface area contributed by atoms with Gasteiger partial charge in [-0.25, -0.2) is 9.97 Å². The van der Waals surface area contributed by atoms with E-state index in [0.717, 1.165) is 33.5 Å². The molecule has 3 radical (unpaired) electrons. The molecule has 0 aliphatic rings. The van der Waals surface area contributed by atoms with E-state index in [1.165, 1.54) is 43.1 Å². The Hall–Kier alpha value is -4.09. The second kappa shape index (κ2) is 10.2. The van der Waals surface area contributed by atoms with Crippen molar-refractivity contribution >= 4 is 91.0 Å². The zero-order valence-corrected chi connectivity index (χ0v) is 25.1. The molecule has 0 bridgehead atoms. The van der Waals surface area contributed by atoms with Crippen molar-refractivity contribution in [1.82, 2.24) is 19.9 Å². The molecule has 0 aliphatic carbocycles. The molecule has 0 unspecified atom stereocenters. The summed E-state index contributed by atoms with van der Waals surface area (Å²) in [6, 6.07) is 33.6. The first-order chi connectivity index (χ1) is 18.7. The molecule has 0 spiro atoms. The molecule has 0 saturated carbocycles. The Bertz CT molecular complexity index is 1940. The minimum atomic E-state index is 0. The van der Waals surface area contributed by atoms with Gasteiger partial charge in [0.1, 0.15) is 0 Å². The van der Waals surface area contributed by atoms with Crippen molar-refractivity contribution in [3.8, 4) is 0 Å². The third-order valence-corrected chi connectivity index (χ3v) is 7.09. The van der Waals surface area contributed by atoms with Crippen LogP contribution in [0.3, 0.4) is 0 Å². The van der Waals surface area contributed by atoms with Crippen LogP contribution in [-0.2, 0) is 0 Å². The average Bonchev–Trinajstić information content (AvgIpc) is 2.98. The SMILES string of the molecule is Cc1cnc2c3ccccc3c3ccccc3c2n1.Cc1cnc2c3ccccc3c3ccccc3c2n1.[In]. The molecule has 4 nitrogen and oxygen atoms in total. The van der Waals surface area contributed by atoms with Gasteiger partial charge < -0.3 is 0 Å². The predicted octanol–water partition coefficient (Wildman–Crippen LogP) is 8.11. The van der Waals surface area contributed by atoms with Crippen molar-refractivity contribution in [2.24, 2.45) is 0 Å². The van der Waals surface area contributed by atoms with Gasteiger partial charge in [0.25, 0.3) is 0 Å². The Labute approximate surface area is 244 Å². The molecule has 0 fully saturated rings. The van der Waals surface area contributed by atoms with E-state index in [9.17, 15) is 0 Å². The molecule has 8 aromatic rings. The summed E-state index contributed by atoms with van der Waals surface area (Å²) >= 11 is 0. The summed E-state index contributed by atoms with van der Waals surface area (Å²) in [6.45, 7) is 3.97. The fourth-order valence-electron chi connectivity index (χ4n) is 5.42. The molecular formula is C34H24InN4. The summed E-state index contributed by atoms with van der Waals surface area (Å²) in [5.74, 6) is 0. The maximum absolute atomic E-state index is 4.69. The van der Waals surface area contributed by atoms with Crippen molar-refractivity contribution in [3.63, 3.8) is 0 Å². The number of benzene rings is 6. The van der Waals surface area contributed by atoms with Crippen LogP contribution in [0.4, 0.5) is 0 Å². The predicted molar refractivity (Wildman–Crippen MR) is 164 cm³/mol. The van der Waals surface area contributed by atoms with Gasteiger partial charge in [0.15, 0.2) is 0 Å². The summed E-state index contributed by atoms with van der Waals surface area (Å²) in [5.41, 5.74) is 5.87. The molecule has 0 N–H and O–H groups in total. The fraction of sp³-hybridized carbons (Fsp3) is 0.0588. The topological polar surface area (TPSA) is 51.6 Å². The van der Waals surface area contributed by atoms with Gasteiger partial charge in [-0.15, -0.1) is 0 Å². The standard InChI is InChI=1S/2C17H12N2.In/c2*1-11-10-18-16-14-8-4-2-6-12(14)13-7-3-5-9-15(13)17(16)19-11;/h2*2-10H,1H3;. The third kappa shape index (κ3) is 4.27. The van der Waals surface area contributed by atoms with Gasteiger partial charge in [-0.2, -0.15) is 0 Å². The number of hydrogen-bond donors (Lipinski definition) is 0. The summed E-state index contributed by atoms with van der Waals surface area (Å²) in [6.07, 6.45) is 3.67. The Morgan fingerprint density at radius 3 is 0.923 bits per heavy atom. The van der Waals surface area contributed by atoms with Crippen LogP contribution in [0.25, 0.3) is 65.2 Å². The zero-order valence-electron chi connectivity index (χ0n) is 21.8. The quantitative estimate of drug-likeness (QED) is 0.164. The average molecular weight is 603 g/mol. The van der Waals surface area contributed by atoms with Gasteiger partial charge in [0.05, 0.1) is 33.5 Å². The van der Waals surface area contributed by atoms with Crippen molar-refractivity contribution in [1.29, 1.82) is 0 Å². The Morgan fingerprint density at radius 1 is 0.359 bits per heavy atom. The number of aromatic nitrogens is 4. The van der Waals surface area contributed by atoms with Gasteiger partial charge in [0, 0.05) is 59.8 Å². The first-order valence-electron chi connectivity index (χ1n) is 12.7. The molecule has 5 heteroatoms. The minimum Gasteiger partial charge on any atom is -0.252 e. The fourth-order valence-corrected chi connectivity index (χ4v) is 5.42. The number of nitrogens with zero attached hydrogens (tertiary/aromatic N) is 4. The van der Waals surface area contributed by atoms with Crippen LogP contribution in [-0.4, -0.2) is 45.8 Å². The molecule has 0 amide bonds. The summed E-state index contributed by atoms with van der Waals surface area (Å²) in [4.78, 5) is 18.6. The van der Waals surface area contributed by atoms with Crippen LogP contribution in [0.2, 0.25) is 0 Å². The van der Waals surface area contributed by atoms with Crippen LogP contribution in [0, 0.1) is 13.8 Å². The summed E-state index contributed by atoms with van der Waals surface area (Å²) in [7, 11) is 0. The molecule has 0 atom stereocenters. The van der Waals surface area contributed by atoms with E-state index in [0.29, 0.717) is 0 Å². The van der Waals surface area contributed by atoms with E-state index in [1.807, 2.05) is 26.2 Å². The van der Waals surface area contributed by atoms with E-state index in [4.69, 9.17) is 9.97 Å². The van der Waals surface area contributed by atoms with Gasteiger partial charge in [-0.1, -0.05) is 97.1 Å². The van der Waals surface area contributed by atoms with Crippen molar-refractivity contribution in [2.75, 3.05) is 0 Å². The number of aryl methyl sites for hydroxylation is 2. The number of hydrogen-bond acceptors (Lipinski definition) is 4. The van der Waals surface area contributed by atoms with Crippen LogP contribution in [0.5, 0.6) is 0 Å². The smallest absolute Gasteiger partial charge is 0.0974 e. The Kier molecular flexibility index (Phi) is 6.61. The van der Waals surface area contributed by atoms with Crippen molar-refractivity contribution in [3.05, 3.63) is 121 Å². The van der Waals surface area contributed by atoms with Gasteiger partial charge >= 0.3 is 0 Å². The number of fused-ring (bicyclic) bond motifs is 12. The third-order valence-electron chi connectivity index (χ3n) is 7.09. The van der Waals surface area contributed by atoms with Crippen LogP contribution >= 0.6 is 0 Å². The van der Waals surface area contributed by atoms with Gasteiger partial charge in [-0.3, -0.25) is 9.97 Å². The van der Waals surface area contributed by atoms with E-state index in [1.54, 1.807) is 0 Å². The maximum Gasteiger partial charge on any atom is 0.0974 e. The number of rotatable bonds is 0. The zero-order chi connectivity index (χ0) is 25.6. The molecule has 6 aromatic carbocycles. The molecule has 0 saturated heterocycles. The van der Waals surface area contributed by atoms with E-state index < -0.39 is 0 Å². The normalized spacial score (nSPS) is 11.1. The van der Waals surface area contributed by atoms with Crippen molar-refractivity contribution in [2.45, 2.75) is 13.8 Å². The molecule has 8 rings (SSSR count). The van der Waals surface area contributed by atoms with Crippen LogP contribution < -0.4 is 0 Å². The molecule has 39 heavy (non-hydrogen) atoms. The second-order valence-electron chi connectivity index (χ2n) is 9.60. The van der Waals surface area contributed by atoms with Crippen LogP contribution in [0.1, 0.15) is 11.4 Å². The molecular weight excluding hydrogens is 579 g/mol. The summed E-state index contributed by atoms with van der Waals surface area (Å²) in [5, 5.41) is 9.65. The van der Waals surface area contributed by atoms with Crippen LogP contribution in [0.15, 0.2) is 109 Å².